The summed E-state index contributed by atoms with van der Waals surface area (Å²) in [5.74, 6) is 2.40. The van der Waals surface area contributed by atoms with Crippen molar-refractivity contribution < 1.29 is 4.79 Å². The first-order chi connectivity index (χ1) is 11.3. The molecule has 1 amide bonds. The summed E-state index contributed by atoms with van der Waals surface area (Å²) in [6.07, 6.45) is 11.0. The Labute approximate surface area is 140 Å². The molecule has 2 aliphatic carbocycles. The van der Waals surface area contributed by atoms with Crippen LogP contribution >= 0.6 is 0 Å². The predicted molar refractivity (Wildman–Crippen MR) is 93.4 cm³/mol. The van der Waals surface area contributed by atoms with Gasteiger partial charge in [0.15, 0.2) is 5.96 Å². The van der Waals surface area contributed by atoms with Gasteiger partial charge in [-0.3, -0.25) is 9.79 Å². The largest absolute Gasteiger partial charge is 0.356 e. The molecule has 23 heavy (non-hydrogen) atoms. The van der Waals surface area contributed by atoms with E-state index in [1.165, 1.54) is 38.5 Å². The Bertz CT molecular complexity index is 427. The maximum Gasteiger partial charge on any atom is 0.225 e. The molecular weight excluding hydrogens is 288 g/mol. The van der Waals surface area contributed by atoms with E-state index in [1.807, 2.05) is 7.05 Å². The molecule has 0 aromatic heterocycles. The van der Waals surface area contributed by atoms with E-state index in [0.29, 0.717) is 17.9 Å². The van der Waals surface area contributed by atoms with E-state index in [4.69, 9.17) is 0 Å². The van der Waals surface area contributed by atoms with Gasteiger partial charge in [0.1, 0.15) is 0 Å². The molecule has 2 saturated carbocycles. The molecule has 1 saturated heterocycles. The van der Waals surface area contributed by atoms with Crippen molar-refractivity contribution in [3.63, 3.8) is 0 Å². The number of hydrogen-bond acceptors (Lipinski definition) is 2. The summed E-state index contributed by atoms with van der Waals surface area (Å²) in [5, 5.41) is 6.94. The van der Waals surface area contributed by atoms with Gasteiger partial charge in [0.05, 0.1) is 0 Å². The average Bonchev–Trinajstić information content (AvgIpc) is 3.01. The first kappa shape index (κ1) is 16.6. The van der Waals surface area contributed by atoms with E-state index >= 15 is 0 Å². The fraction of sp³-hybridized carbons (Fsp3) is 0.889. The standard InChI is InChI=1S/C18H32N4O/c1-19-18(20-12-14-6-5-7-14)21-16-10-11-22(13-16)17(23)15-8-3-2-4-9-15/h14-16H,2-13H2,1H3,(H2,19,20,21). The molecule has 130 valence electrons. The Balaban J connectivity index is 1.41. The minimum atomic E-state index is 0.290. The van der Waals surface area contributed by atoms with Crippen LogP contribution in [0.4, 0.5) is 0 Å². The summed E-state index contributed by atoms with van der Waals surface area (Å²) in [5.41, 5.74) is 0. The summed E-state index contributed by atoms with van der Waals surface area (Å²) >= 11 is 0. The Morgan fingerprint density at radius 2 is 1.87 bits per heavy atom. The number of aliphatic imine (C=N–C) groups is 1. The first-order valence-electron chi connectivity index (χ1n) is 9.52. The van der Waals surface area contributed by atoms with Gasteiger partial charge >= 0.3 is 0 Å². The van der Waals surface area contributed by atoms with Crippen LogP contribution in [0, 0.1) is 11.8 Å². The molecule has 0 aromatic carbocycles. The van der Waals surface area contributed by atoms with Gasteiger partial charge < -0.3 is 15.5 Å². The monoisotopic (exact) mass is 320 g/mol. The van der Waals surface area contributed by atoms with Crippen LogP contribution in [-0.4, -0.2) is 49.5 Å². The predicted octanol–water partition coefficient (Wildman–Crippen LogP) is 2.13. The number of hydrogen-bond donors (Lipinski definition) is 2. The first-order valence-corrected chi connectivity index (χ1v) is 9.52. The van der Waals surface area contributed by atoms with E-state index in [-0.39, 0.29) is 0 Å². The number of rotatable bonds is 4. The molecule has 1 heterocycles. The lowest BCUT2D eigenvalue weighted by Crippen LogP contribution is -2.47. The normalized spacial score (nSPS) is 26.9. The van der Waals surface area contributed by atoms with Crippen molar-refractivity contribution in [1.29, 1.82) is 0 Å². The second-order valence-electron chi connectivity index (χ2n) is 7.50. The van der Waals surface area contributed by atoms with Gasteiger partial charge in [0.25, 0.3) is 0 Å². The third kappa shape index (κ3) is 4.39. The molecular formula is C18H32N4O. The van der Waals surface area contributed by atoms with E-state index in [1.54, 1.807) is 0 Å². The van der Waals surface area contributed by atoms with Crippen molar-refractivity contribution >= 4 is 11.9 Å². The minimum absolute atomic E-state index is 0.290. The highest BCUT2D eigenvalue weighted by Crippen LogP contribution is 2.27. The van der Waals surface area contributed by atoms with E-state index in [2.05, 4.69) is 20.5 Å². The van der Waals surface area contributed by atoms with Gasteiger partial charge in [-0.15, -0.1) is 0 Å². The average molecular weight is 320 g/mol. The smallest absolute Gasteiger partial charge is 0.225 e. The van der Waals surface area contributed by atoms with Crippen LogP contribution in [0.2, 0.25) is 0 Å². The number of carbonyl (C=O) groups excluding carboxylic acids is 1. The van der Waals surface area contributed by atoms with Crippen molar-refractivity contribution in [1.82, 2.24) is 15.5 Å². The Morgan fingerprint density at radius 1 is 1.09 bits per heavy atom. The Hall–Kier alpha value is -1.26. The van der Waals surface area contributed by atoms with Crippen molar-refractivity contribution in [3.05, 3.63) is 0 Å². The lowest BCUT2D eigenvalue weighted by atomic mass is 9.85. The molecule has 3 aliphatic rings. The SMILES string of the molecule is CN=C(NCC1CCC1)NC1CCN(C(=O)C2CCCCC2)C1. The van der Waals surface area contributed by atoms with Crippen LogP contribution < -0.4 is 10.6 Å². The third-order valence-corrected chi connectivity index (χ3v) is 5.80. The van der Waals surface area contributed by atoms with Crippen LogP contribution in [0.1, 0.15) is 57.8 Å². The zero-order chi connectivity index (χ0) is 16.1. The highest BCUT2D eigenvalue weighted by Gasteiger charge is 2.31. The zero-order valence-electron chi connectivity index (χ0n) is 14.5. The topological polar surface area (TPSA) is 56.7 Å². The highest BCUT2D eigenvalue weighted by atomic mass is 16.2. The number of nitrogens with zero attached hydrogens (tertiary/aromatic N) is 2. The van der Waals surface area contributed by atoms with Crippen molar-refractivity contribution in [3.8, 4) is 0 Å². The quantitative estimate of drug-likeness (QED) is 0.616. The molecule has 0 aromatic rings. The zero-order valence-corrected chi connectivity index (χ0v) is 14.5. The highest BCUT2D eigenvalue weighted by molar-refractivity contribution is 5.81. The van der Waals surface area contributed by atoms with E-state index < -0.39 is 0 Å². The summed E-state index contributed by atoms with van der Waals surface area (Å²) in [6, 6.07) is 0.343. The minimum Gasteiger partial charge on any atom is -0.356 e. The Kier molecular flexibility index (Phi) is 5.79. The van der Waals surface area contributed by atoms with Gasteiger partial charge in [0, 0.05) is 38.6 Å². The van der Waals surface area contributed by atoms with Crippen LogP contribution in [0.3, 0.4) is 0 Å². The lowest BCUT2D eigenvalue weighted by Gasteiger charge is -2.27. The van der Waals surface area contributed by atoms with Crippen LogP contribution in [0.15, 0.2) is 4.99 Å². The third-order valence-electron chi connectivity index (χ3n) is 5.80. The molecule has 0 bridgehead atoms. The summed E-state index contributed by atoms with van der Waals surface area (Å²) < 4.78 is 0. The van der Waals surface area contributed by atoms with Crippen molar-refractivity contribution in [2.75, 3.05) is 26.7 Å². The lowest BCUT2D eigenvalue weighted by molar-refractivity contribution is -0.135. The van der Waals surface area contributed by atoms with E-state index in [0.717, 1.165) is 50.8 Å². The van der Waals surface area contributed by atoms with Crippen LogP contribution in [0.5, 0.6) is 0 Å². The molecule has 1 unspecified atom stereocenters. The molecule has 2 N–H and O–H groups in total. The second-order valence-corrected chi connectivity index (χ2v) is 7.50. The van der Waals surface area contributed by atoms with Crippen LogP contribution in [-0.2, 0) is 4.79 Å². The molecule has 3 rings (SSSR count). The van der Waals surface area contributed by atoms with Gasteiger partial charge in [0.2, 0.25) is 5.91 Å². The van der Waals surface area contributed by atoms with Gasteiger partial charge in [-0.25, -0.2) is 0 Å². The number of guanidine groups is 1. The molecule has 5 heteroatoms. The molecule has 3 fully saturated rings. The van der Waals surface area contributed by atoms with Gasteiger partial charge in [-0.05, 0) is 38.0 Å². The molecule has 0 spiro atoms. The molecule has 1 atom stereocenters. The molecule has 5 nitrogen and oxygen atoms in total. The Morgan fingerprint density at radius 3 is 2.52 bits per heavy atom. The summed E-state index contributed by atoms with van der Waals surface area (Å²) in [4.78, 5) is 19.0. The van der Waals surface area contributed by atoms with Crippen LogP contribution in [0.25, 0.3) is 0 Å². The summed E-state index contributed by atoms with van der Waals surface area (Å²) in [7, 11) is 1.83. The fourth-order valence-corrected chi connectivity index (χ4v) is 4.01. The number of amides is 1. The number of carbonyl (C=O) groups is 1. The fourth-order valence-electron chi connectivity index (χ4n) is 4.01. The maximum atomic E-state index is 12.6. The summed E-state index contributed by atoms with van der Waals surface area (Å²) in [6.45, 7) is 2.75. The van der Waals surface area contributed by atoms with E-state index in [9.17, 15) is 4.79 Å². The molecule has 0 radical (unpaired) electrons. The number of nitrogens with one attached hydrogen (secondary N) is 2. The molecule has 1 aliphatic heterocycles. The number of likely N-dealkylation sites (tertiary alicyclic amines) is 1. The van der Waals surface area contributed by atoms with Crippen molar-refractivity contribution in [2.45, 2.75) is 63.8 Å². The maximum absolute atomic E-state index is 12.6. The van der Waals surface area contributed by atoms with Crippen molar-refractivity contribution in [2.24, 2.45) is 16.8 Å². The van der Waals surface area contributed by atoms with Gasteiger partial charge in [-0.2, -0.15) is 0 Å². The van der Waals surface area contributed by atoms with Gasteiger partial charge in [-0.1, -0.05) is 25.7 Å². The second kappa shape index (κ2) is 8.02.